The second kappa shape index (κ2) is 5.49. The first-order valence-electron chi connectivity index (χ1n) is 6.68. The molecule has 0 saturated carbocycles. The molecule has 0 aromatic heterocycles. The van der Waals surface area contributed by atoms with Gasteiger partial charge in [0.15, 0.2) is 6.67 Å². The van der Waals surface area contributed by atoms with Crippen molar-refractivity contribution in [3.8, 4) is 0 Å². The predicted molar refractivity (Wildman–Crippen MR) is 63.5 cm³/mol. The van der Waals surface area contributed by atoms with Crippen LogP contribution in [0.4, 0.5) is 4.79 Å². The highest BCUT2D eigenvalue weighted by Crippen LogP contribution is 2.09. The van der Waals surface area contributed by atoms with Crippen LogP contribution in [0.1, 0.15) is 39.0 Å². The fourth-order valence-electron chi connectivity index (χ4n) is 2.64. The molecule has 2 rings (SSSR count). The number of carbonyl (C=O) groups excluding carboxylic acids is 2. The summed E-state index contributed by atoms with van der Waals surface area (Å²) in [6.45, 7) is 4.73. The second-order valence-electron chi connectivity index (χ2n) is 5.03. The van der Waals surface area contributed by atoms with E-state index in [1.165, 1.54) is 29.1 Å². The van der Waals surface area contributed by atoms with Gasteiger partial charge in [0.2, 0.25) is 0 Å². The molecule has 1 atom stereocenters. The number of piperidine rings is 1. The van der Waals surface area contributed by atoms with Gasteiger partial charge in [-0.15, -0.1) is 0 Å². The summed E-state index contributed by atoms with van der Waals surface area (Å²) in [5.41, 5.74) is 0. The normalized spacial score (nSPS) is 26.4. The summed E-state index contributed by atoms with van der Waals surface area (Å²) in [5.74, 6) is -0.0325. The van der Waals surface area contributed by atoms with E-state index in [0.29, 0.717) is 6.67 Å². The van der Waals surface area contributed by atoms with Crippen molar-refractivity contribution in [3.05, 3.63) is 0 Å². The highest BCUT2D eigenvalue weighted by molar-refractivity contribution is 6.03. The maximum absolute atomic E-state index is 12.0. The van der Waals surface area contributed by atoms with E-state index in [1.807, 2.05) is 6.92 Å². The van der Waals surface area contributed by atoms with E-state index in [-0.39, 0.29) is 18.0 Å². The van der Waals surface area contributed by atoms with Crippen molar-refractivity contribution in [1.82, 2.24) is 10.2 Å². The van der Waals surface area contributed by atoms with Crippen LogP contribution in [-0.2, 0) is 4.79 Å². The maximum Gasteiger partial charge on any atom is 0.329 e. The lowest BCUT2D eigenvalue weighted by atomic mass is 10.1. The average molecular weight is 240 g/mol. The molecule has 2 fully saturated rings. The Labute approximate surface area is 102 Å². The molecule has 17 heavy (non-hydrogen) atoms. The first-order chi connectivity index (χ1) is 8.22. The second-order valence-corrected chi connectivity index (χ2v) is 5.03. The van der Waals surface area contributed by atoms with Crippen LogP contribution in [0.15, 0.2) is 0 Å². The first-order valence-corrected chi connectivity index (χ1v) is 6.68. The van der Waals surface area contributed by atoms with Crippen molar-refractivity contribution in [1.29, 1.82) is 0 Å². The fraction of sp³-hybridized carbons (Fsp3) is 0.833. The molecule has 0 aromatic carbocycles. The average Bonchev–Trinajstić information content (AvgIpc) is 2.59. The molecule has 2 aliphatic rings. The molecular weight excluding hydrogens is 218 g/mol. The summed E-state index contributed by atoms with van der Waals surface area (Å²) in [7, 11) is 0. The summed E-state index contributed by atoms with van der Waals surface area (Å²) < 4.78 is 0. The quantitative estimate of drug-likeness (QED) is 0.665. The predicted octanol–water partition coefficient (Wildman–Crippen LogP) is -0.267. The standard InChI is InChI=1S/C12H21N3O2/c1-2-6-10-11(16)15(12(17)13-10)9-14-7-4-3-5-8-14/h10H,2-9H2,1H3,(H,13,17)/p+1/t10-/m1/s1. The van der Waals surface area contributed by atoms with Gasteiger partial charge in [0.05, 0.1) is 13.1 Å². The summed E-state index contributed by atoms with van der Waals surface area (Å²) in [4.78, 5) is 26.5. The fourth-order valence-corrected chi connectivity index (χ4v) is 2.64. The van der Waals surface area contributed by atoms with Crippen LogP contribution in [-0.4, -0.2) is 42.6 Å². The third-order valence-electron chi connectivity index (χ3n) is 3.63. The van der Waals surface area contributed by atoms with Gasteiger partial charge in [-0.3, -0.25) is 4.79 Å². The number of hydrogen-bond donors (Lipinski definition) is 2. The lowest BCUT2D eigenvalue weighted by Crippen LogP contribution is -3.14. The number of nitrogens with one attached hydrogen (secondary N) is 2. The Balaban J connectivity index is 1.91. The van der Waals surface area contributed by atoms with Crippen LogP contribution >= 0.6 is 0 Å². The third kappa shape index (κ3) is 2.77. The van der Waals surface area contributed by atoms with Gasteiger partial charge < -0.3 is 10.2 Å². The van der Waals surface area contributed by atoms with Gasteiger partial charge in [0.1, 0.15) is 6.04 Å². The molecule has 2 aliphatic heterocycles. The molecule has 0 aliphatic carbocycles. The molecule has 0 unspecified atom stereocenters. The first kappa shape index (κ1) is 12.4. The van der Waals surface area contributed by atoms with E-state index < -0.39 is 0 Å². The Hall–Kier alpha value is -1.10. The van der Waals surface area contributed by atoms with Gasteiger partial charge in [-0.1, -0.05) is 13.3 Å². The van der Waals surface area contributed by atoms with Crippen LogP contribution in [0, 0.1) is 0 Å². The molecule has 0 spiro atoms. The number of nitrogens with zero attached hydrogens (tertiary/aromatic N) is 1. The molecule has 0 radical (unpaired) electrons. The topological polar surface area (TPSA) is 53.9 Å². The number of quaternary nitrogens is 1. The molecule has 5 heteroatoms. The number of imide groups is 1. The number of urea groups is 1. The van der Waals surface area contributed by atoms with E-state index in [4.69, 9.17) is 0 Å². The lowest BCUT2D eigenvalue weighted by molar-refractivity contribution is -0.912. The van der Waals surface area contributed by atoms with Gasteiger partial charge in [-0.2, -0.15) is 0 Å². The van der Waals surface area contributed by atoms with Crippen LogP contribution in [0.25, 0.3) is 0 Å². The third-order valence-corrected chi connectivity index (χ3v) is 3.63. The van der Waals surface area contributed by atoms with E-state index >= 15 is 0 Å². The largest absolute Gasteiger partial charge is 0.329 e. The van der Waals surface area contributed by atoms with E-state index in [1.54, 1.807) is 0 Å². The van der Waals surface area contributed by atoms with Crippen molar-refractivity contribution in [2.75, 3.05) is 19.8 Å². The minimum atomic E-state index is -0.281. The molecule has 0 aromatic rings. The van der Waals surface area contributed by atoms with Crippen molar-refractivity contribution in [2.24, 2.45) is 0 Å². The Bertz CT molecular complexity index is 300. The highest BCUT2D eigenvalue weighted by atomic mass is 16.2. The SMILES string of the molecule is CCC[C@H]1NC(=O)N(C[NH+]2CCCCC2)C1=O. The van der Waals surface area contributed by atoms with E-state index in [2.05, 4.69) is 5.32 Å². The summed E-state index contributed by atoms with van der Waals surface area (Å²) >= 11 is 0. The van der Waals surface area contributed by atoms with Gasteiger partial charge in [0, 0.05) is 0 Å². The number of amides is 3. The number of carbonyl (C=O) groups is 2. The molecule has 2 heterocycles. The summed E-state index contributed by atoms with van der Waals surface area (Å²) in [5, 5.41) is 2.77. The zero-order valence-electron chi connectivity index (χ0n) is 10.5. The minimum absolute atomic E-state index is 0.0325. The molecular formula is C12H22N3O2+. The maximum atomic E-state index is 12.0. The zero-order valence-corrected chi connectivity index (χ0v) is 10.5. The van der Waals surface area contributed by atoms with E-state index in [0.717, 1.165) is 25.9 Å². The van der Waals surface area contributed by atoms with Crippen LogP contribution in [0.2, 0.25) is 0 Å². The number of hydrogen-bond acceptors (Lipinski definition) is 2. The van der Waals surface area contributed by atoms with Crippen molar-refractivity contribution >= 4 is 11.9 Å². The lowest BCUT2D eigenvalue weighted by Gasteiger charge is -2.26. The molecule has 0 bridgehead atoms. The Kier molecular flexibility index (Phi) is 3.99. The molecule has 3 amide bonds. The zero-order chi connectivity index (χ0) is 12.3. The van der Waals surface area contributed by atoms with Crippen LogP contribution < -0.4 is 10.2 Å². The monoisotopic (exact) mass is 240 g/mol. The van der Waals surface area contributed by atoms with E-state index in [9.17, 15) is 9.59 Å². The van der Waals surface area contributed by atoms with Gasteiger partial charge in [-0.25, -0.2) is 9.69 Å². The van der Waals surface area contributed by atoms with Gasteiger partial charge in [-0.05, 0) is 25.7 Å². The van der Waals surface area contributed by atoms with Crippen molar-refractivity contribution in [3.63, 3.8) is 0 Å². The molecule has 2 saturated heterocycles. The Morgan fingerprint density at radius 3 is 2.65 bits per heavy atom. The molecule has 5 nitrogen and oxygen atoms in total. The number of likely N-dealkylation sites (tertiary alicyclic amines) is 1. The number of rotatable bonds is 4. The van der Waals surface area contributed by atoms with Crippen LogP contribution in [0.3, 0.4) is 0 Å². The highest BCUT2D eigenvalue weighted by Gasteiger charge is 2.39. The summed E-state index contributed by atoms with van der Waals surface area (Å²) in [6.07, 6.45) is 5.36. The molecule has 96 valence electrons. The van der Waals surface area contributed by atoms with Gasteiger partial charge in [0.25, 0.3) is 5.91 Å². The smallest absolute Gasteiger partial charge is 0.326 e. The van der Waals surface area contributed by atoms with Crippen molar-refractivity contribution < 1.29 is 14.5 Å². The summed E-state index contributed by atoms with van der Waals surface area (Å²) in [6, 6.07) is -0.483. The molecule has 2 N–H and O–H groups in total. The van der Waals surface area contributed by atoms with Crippen LogP contribution in [0.5, 0.6) is 0 Å². The Morgan fingerprint density at radius 1 is 1.29 bits per heavy atom. The van der Waals surface area contributed by atoms with Gasteiger partial charge >= 0.3 is 6.03 Å². The van der Waals surface area contributed by atoms with Crippen molar-refractivity contribution in [2.45, 2.75) is 45.1 Å². The Morgan fingerprint density at radius 2 is 2.00 bits per heavy atom. The minimum Gasteiger partial charge on any atom is -0.326 e.